The molecular formula is C22H13F2N3. The van der Waals surface area contributed by atoms with Crippen molar-refractivity contribution in [2.75, 3.05) is 0 Å². The number of pyridine rings is 1. The molecule has 0 radical (unpaired) electrons. The lowest BCUT2D eigenvalue weighted by atomic mass is 10.1. The van der Waals surface area contributed by atoms with Crippen LogP contribution in [0.15, 0.2) is 79.0 Å². The van der Waals surface area contributed by atoms with Gasteiger partial charge >= 0.3 is 0 Å². The summed E-state index contributed by atoms with van der Waals surface area (Å²) in [4.78, 5) is 4.47. The van der Waals surface area contributed by atoms with E-state index in [-0.39, 0.29) is 11.6 Å². The van der Waals surface area contributed by atoms with E-state index >= 15 is 0 Å². The fraction of sp³-hybridized carbons (Fsp3) is 0. The SMILES string of the molecule is Fc1ccc(-c2nn(-c3ccccc3)c3c2cnc2ccc(F)cc23)cc1. The topological polar surface area (TPSA) is 30.7 Å². The molecule has 0 aliphatic heterocycles. The number of fused-ring (bicyclic) bond motifs is 3. The second-order valence-electron chi connectivity index (χ2n) is 6.28. The molecule has 3 aromatic carbocycles. The van der Waals surface area contributed by atoms with E-state index in [4.69, 9.17) is 5.10 Å². The lowest BCUT2D eigenvalue weighted by molar-refractivity contribution is 0.628. The smallest absolute Gasteiger partial charge is 0.124 e. The third-order valence-electron chi connectivity index (χ3n) is 4.59. The number of hydrogen-bond acceptors (Lipinski definition) is 2. The summed E-state index contributed by atoms with van der Waals surface area (Å²) >= 11 is 0. The van der Waals surface area contributed by atoms with Crippen molar-refractivity contribution in [3.63, 3.8) is 0 Å². The van der Waals surface area contributed by atoms with Gasteiger partial charge in [-0.05, 0) is 54.6 Å². The first-order valence-corrected chi connectivity index (χ1v) is 8.49. The summed E-state index contributed by atoms with van der Waals surface area (Å²) in [6, 6.07) is 20.3. The van der Waals surface area contributed by atoms with Crippen molar-refractivity contribution in [3.8, 4) is 16.9 Å². The van der Waals surface area contributed by atoms with Crippen LogP contribution in [0, 0.1) is 11.6 Å². The molecule has 0 atom stereocenters. The highest BCUT2D eigenvalue weighted by atomic mass is 19.1. The van der Waals surface area contributed by atoms with E-state index in [1.54, 1.807) is 29.1 Å². The van der Waals surface area contributed by atoms with Gasteiger partial charge in [0.05, 0.1) is 16.7 Å². The van der Waals surface area contributed by atoms with E-state index in [1.165, 1.54) is 24.3 Å². The number of hydrogen-bond donors (Lipinski definition) is 0. The van der Waals surface area contributed by atoms with Gasteiger partial charge in [0.15, 0.2) is 0 Å². The Morgan fingerprint density at radius 1 is 0.741 bits per heavy atom. The van der Waals surface area contributed by atoms with Crippen molar-refractivity contribution in [3.05, 3.63) is 90.6 Å². The fourth-order valence-corrected chi connectivity index (χ4v) is 3.33. The van der Waals surface area contributed by atoms with Gasteiger partial charge in [-0.25, -0.2) is 13.5 Å². The molecular weight excluding hydrogens is 344 g/mol. The van der Waals surface area contributed by atoms with Gasteiger partial charge in [0.25, 0.3) is 0 Å². The van der Waals surface area contributed by atoms with E-state index < -0.39 is 0 Å². The summed E-state index contributed by atoms with van der Waals surface area (Å²) in [7, 11) is 0. The van der Waals surface area contributed by atoms with Crippen LogP contribution < -0.4 is 0 Å². The summed E-state index contributed by atoms with van der Waals surface area (Å²) in [5.74, 6) is -0.642. The second kappa shape index (κ2) is 5.99. The van der Waals surface area contributed by atoms with Crippen molar-refractivity contribution in [2.45, 2.75) is 0 Å². The van der Waals surface area contributed by atoms with Crippen LogP contribution in [0.3, 0.4) is 0 Å². The molecule has 5 rings (SSSR count). The van der Waals surface area contributed by atoms with Gasteiger partial charge < -0.3 is 0 Å². The summed E-state index contributed by atoms with van der Waals surface area (Å²) in [6.45, 7) is 0. The predicted octanol–water partition coefficient (Wildman–Crippen LogP) is 5.52. The highest BCUT2D eigenvalue weighted by Crippen LogP contribution is 2.33. The third kappa shape index (κ3) is 2.56. The lowest BCUT2D eigenvalue weighted by Crippen LogP contribution is -1.97. The highest BCUT2D eigenvalue weighted by Gasteiger charge is 2.17. The zero-order chi connectivity index (χ0) is 18.4. The van der Waals surface area contributed by atoms with E-state index in [1.807, 2.05) is 30.3 Å². The lowest BCUT2D eigenvalue weighted by Gasteiger charge is -2.05. The molecule has 2 aromatic heterocycles. The van der Waals surface area contributed by atoms with Crippen LogP contribution >= 0.6 is 0 Å². The van der Waals surface area contributed by atoms with E-state index in [0.717, 1.165) is 22.2 Å². The Morgan fingerprint density at radius 2 is 1.48 bits per heavy atom. The van der Waals surface area contributed by atoms with Crippen LogP contribution in [0.5, 0.6) is 0 Å². The van der Waals surface area contributed by atoms with Gasteiger partial charge in [-0.2, -0.15) is 5.10 Å². The number of nitrogens with zero attached hydrogens (tertiary/aromatic N) is 3. The minimum atomic E-state index is -0.332. The van der Waals surface area contributed by atoms with Gasteiger partial charge in [0, 0.05) is 22.5 Å². The monoisotopic (exact) mass is 357 g/mol. The largest absolute Gasteiger partial charge is 0.255 e. The average Bonchev–Trinajstić information content (AvgIpc) is 3.09. The van der Waals surface area contributed by atoms with Crippen LogP contribution in [0.2, 0.25) is 0 Å². The molecule has 5 aromatic rings. The van der Waals surface area contributed by atoms with Crippen LogP contribution in [0.1, 0.15) is 0 Å². The summed E-state index contributed by atoms with van der Waals surface area (Å²) in [5.41, 5.74) is 3.76. The summed E-state index contributed by atoms with van der Waals surface area (Å²) < 4.78 is 29.1. The molecule has 0 unspecified atom stereocenters. The number of aromatic nitrogens is 3. The van der Waals surface area contributed by atoms with Crippen molar-refractivity contribution < 1.29 is 8.78 Å². The quantitative estimate of drug-likeness (QED) is 0.416. The first-order chi connectivity index (χ1) is 13.2. The minimum absolute atomic E-state index is 0.309. The Hall–Kier alpha value is -3.60. The summed E-state index contributed by atoms with van der Waals surface area (Å²) in [5, 5.41) is 6.23. The first-order valence-electron chi connectivity index (χ1n) is 8.49. The van der Waals surface area contributed by atoms with Crippen molar-refractivity contribution in [2.24, 2.45) is 0 Å². The van der Waals surface area contributed by atoms with Gasteiger partial charge in [-0.3, -0.25) is 4.98 Å². The molecule has 0 amide bonds. The fourth-order valence-electron chi connectivity index (χ4n) is 3.33. The Kier molecular flexibility index (Phi) is 3.47. The highest BCUT2D eigenvalue weighted by molar-refractivity contribution is 6.08. The molecule has 0 fully saturated rings. The van der Waals surface area contributed by atoms with Crippen molar-refractivity contribution in [1.29, 1.82) is 0 Å². The molecule has 0 spiro atoms. The van der Waals surface area contributed by atoms with Crippen LogP contribution in [-0.2, 0) is 0 Å². The molecule has 3 nitrogen and oxygen atoms in total. The number of benzene rings is 3. The van der Waals surface area contributed by atoms with Gasteiger partial charge in [0.2, 0.25) is 0 Å². The van der Waals surface area contributed by atoms with Gasteiger partial charge in [-0.15, -0.1) is 0 Å². The molecule has 5 heteroatoms. The Labute approximate surface area is 153 Å². The van der Waals surface area contributed by atoms with Gasteiger partial charge in [-0.1, -0.05) is 18.2 Å². The van der Waals surface area contributed by atoms with Gasteiger partial charge in [0.1, 0.15) is 17.3 Å². The molecule has 2 heterocycles. The molecule has 0 saturated carbocycles. The van der Waals surface area contributed by atoms with Crippen LogP contribution in [0.4, 0.5) is 8.78 Å². The molecule has 0 bridgehead atoms. The molecule has 0 N–H and O–H groups in total. The van der Waals surface area contributed by atoms with E-state index in [9.17, 15) is 8.78 Å². The maximum atomic E-state index is 14.0. The van der Waals surface area contributed by atoms with E-state index in [2.05, 4.69) is 4.98 Å². The van der Waals surface area contributed by atoms with E-state index in [0.29, 0.717) is 16.6 Å². The maximum Gasteiger partial charge on any atom is 0.124 e. The normalized spacial score (nSPS) is 11.3. The molecule has 27 heavy (non-hydrogen) atoms. The number of para-hydroxylation sites is 1. The number of halogens is 2. The zero-order valence-corrected chi connectivity index (χ0v) is 14.1. The van der Waals surface area contributed by atoms with Crippen molar-refractivity contribution >= 4 is 21.8 Å². The van der Waals surface area contributed by atoms with Crippen LogP contribution in [-0.4, -0.2) is 14.8 Å². The minimum Gasteiger partial charge on any atom is -0.255 e. The average molecular weight is 357 g/mol. The van der Waals surface area contributed by atoms with Crippen molar-refractivity contribution in [1.82, 2.24) is 14.8 Å². The zero-order valence-electron chi connectivity index (χ0n) is 14.1. The number of rotatable bonds is 2. The Bertz CT molecular complexity index is 1280. The maximum absolute atomic E-state index is 14.0. The van der Waals surface area contributed by atoms with Crippen LogP contribution in [0.25, 0.3) is 38.8 Å². The third-order valence-corrected chi connectivity index (χ3v) is 4.59. The summed E-state index contributed by atoms with van der Waals surface area (Å²) in [6.07, 6.45) is 1.74. The Balaban J connectivity index is 1.91. The first kappa shape index (κ1) is 15.6. The predicted molar refractivity (Wildman–Crippen MR) is 102 cm³/mol. The molecule has 130 valence electrons. The molecule has 0 aliphatic rings. The standard InChI is InChI=1S/C22H13F2N3/c23-15-8-6-14(7-9-15)21-19-13-25-20-11-10-16(24)12-18(20)22(19)27(26-21)17-4-2-1-3-5-17/h1-13H. The molecule has 0 saturated heterocycles. The Morgan fingerprint density at radius 3 is 2.26 bits per heavy atom. The molecule has 0 aliphatic carbocycles. The second-order valence-corrected chi connectivity index (χ2v) is 6.28.